The van der Waals surface area contributed by atoms with Crippen LogP contribution >= 0.6 is 0 Å². The molecule has 20 heavy (non-hydrogen) atoms. The minimum absolute atomic E-state index is 0.136. The molecule has 0 saturated carbocycles. The standard InChI is InChI=1S/C17H21NO2/c1-12-4-5-14(10-13(12)2)17(11-18)20-16-8-6-15(19-3)7-9-16/h4-10,17H,11,18H2,1-3H3. The first kappa shape index (κ1) is 14.4. The van der Waals surface area contributed by atoms with Crippen molar-refractivity contribution in [3.8, 4) is 11.5 Å². The summed E-state index contributed by atoms with van der Waals surface area (Å²) in [6, 6.07) is 13.8. The van der Waals surface area contributed by atoms with Gasteiger partial charge in [0.15, 0.2) is 0 Å². The van der Waals surface area contributed by atoms with Gasteiger partial charge in [-0.2, -0.15) is 0 Å². The Kier molecular flexibility index (Phi) is 4.64. The minimum Gasteiger partial charge on any atom is -0.497 e. The lowest BCUT2D eigenvalue weighted by molar-refractivity contribution is 0.214. The van der Waals surface area contributed by atoms with Gasteiger partial charge in [0, 0.05) is 6.54 Å². The number of hydrogen-bond donors (Lipinski definition) is 1. The monoisotopic (exact) mass is 271 g/mol. The maximum Gasteiger partial charge on any atom is 0.136 e. The maximum absolute atomic E-state index is 5.96. The molecule has 1 atom stereocenters. The SMILES string of the molecule is COc1ccc(OC(CN)c2ccc(C)c(C)c2)cc1. The Morgan fingerprint density at radius 2 is 1.60 bits per heavy atom. The van der Waals surface area contributed by atoms with Crippen molar-refractivity contribution in [2.24, 2.45) is 5.73 Å². The highest BCUT2D eigenvalue weighted by Gasteiger charge is 2.12. The number of aryl methyl sites for hydroxylation is 2. The summed E-state index contributed by atoms with van der Waals surface area (Å²) < 4.78 is 11.1. The van der Waals surface area contributed by atoms with Crippen molar-refractivity contribution in [1.29, 1.82) is 0 Å². The molecule has 3 heteroatoms. The highest BCUT2D eigenvalue weighted by atomic mass is 16.5. The third kappa shape index (κ3) is 3.31. The van der Waals surface area contributed by atoms with Gasteiger partial charge in [0.05, 0.1) is 7.11 Å². The predicted molar refractivity (Wildman–Crippen MR) is 81.3 cm³/mol. The molecule has 0 fully saturated rings. The Morgan fingerprint density at radius 3 is 2.15 bits per heavy atom. The molecular weight excluding hydrogens is 250 g/mol. The number of ether oxygens (including phenoxy) is 2. The molecule has 2 rings (SSSR count). The van der Waals surface area contributed by atoms with Gasteiger partial charge in [-0.05, 0) is 54.8 Å². The van der Waals surface area contributed by atoms with Crippen molar-refractivity contribution in [3.05, 3.63) is 59.2 Å². The van der Waals surface area contributed by atoms with Crippen LogP contribution in [0.1, 0.15) is 22.8 Å². The second kappa shape index (κ2) is 6.44. The quantitative estimate of drug-likeness (QED) is 0.906. The Balaban J connectivity index is 2.16. The second-order valence-corrected chi connectivity index (χ2v) is 4.86. The summed E-state index contributed by atoms with van der Waals surface area (Å²) >= 11 is 0. The zero-order valence-electron chi connectivity index (χ0n) is 12.2. The third-order valence-electron chi connectivity index (χ3n) is 3.45. The maximum atomic E-state index is 5.96. The molecule has 0 saturated heterocycles. The van der Waals surface area contributed by atoms with Crippen molar-refractivity contribution in [3.63, 3.8) is 0 Å². The van der Waals surface area contributed by atoms with Crippen LogP contribution in [0, 0.1) is 13.8 Å². The fourth-order valence-corrected chi connectivity index (χ4v) is 2.04. The van der Waals surface area contributed by atoms with E-state index in [4.69, 9.17) is 15.2 Å². The normalized spacial score (nSPS) is 12.0. The molecule has 0 aliphatic carbocycles. The smallest absolute Gasteiger partial charge is 0.136 e. The van der Waals surface area contributed by atoms with Gasteiger partial charge < -0.3 is 15.2 Å². The third-order valence-corrected chi connectivity index (χ3v) is 3.45. The topological polar surface area (TPSA) is 44.5 Å². The van der Waals surface area contributed by atoms with Crippen molar-refractivity contribution < 1.29 is 9.47 Å². The molecule has 0 bridgehead atoms. The lowest BCUT2D eigenvalue weighted by atomic mass is 10.0. The largest absolute Gasteiger partial charge is 0.497 e. The molecule has 2 N–H and O–H groups in total. The van der Waals surface area contributed by atoms with Crippen LogP contribution < -0.4 is 15.2 Å². The van der Waals surface area contributed by atoms with Gasteiger partial charge in [0.2, 0.25) is 0 Å². The summed E-state index contributed by atoms with van der Waals surface area (Å²) in [6.45, 7) is 4.63. The summed E-state index contributed by atoms with van der Waals surface area (Å²) in [5, 5.41) is 0. The van der Waals surface area contributed by atoms with E-state index >= 15 is 0 Å². The first-order valence-corrected chi connectivity index (χ1v) is 6.72. The lowest BCUT2D eigenvalue weighted by Gasteiger charge is -2.19. The van der Waals surface area contributed by atoms with Gasteiger partial charge in [-0.15, -0.1) is 0 Å². The van der Waals surface area contributed by atoms with Crippen LogP contribution in [0.15, 0.2) is 42.5 Å². The zero-order chi connectivity index (χ0) is 14.5. The summed E-state index contributed by atoms with van der Waals surface area (Å²) in [6.07, 6.45) is -0.136. The van der Waals surface area contributed by atoms with Crippen molar-refractivity contribution >= 4 is 0 Å². The molecule has 0 aliphatic rings. The minimum atomic E-state index is -0.136. The molecule has 0 aliphatic heterocycles. The molecule has 3 nitrogen and oxygen atoms in total. The molecule has 2 aromatic carbocycles. The summed E-state index contributed by atoms with van der Waals surface area (Å²) in [5.74, 6) is 1.60. The van der Waals surface area contributed by atoms with Crippen LogP contribution in [-0.2, 0) is 0 Å². The van der Waals surface area contributed by atoms with Crippen molar-refractivity contribution in [2.75, 3.05) is 13.7 Å². The second-order valence-electron chi connectivity index (χ2n) is 4.86. The van der Waals surface area contributed by atoms with E-state index < -0.39 is 0 Å². The molecule has 0 aromatic heterocycles. The molecule has 0 heterocycles. The Hall–Kier alpha value is -2.00. The lowest BCUT2D eigenvalue weighted by Crippen LogP contribution is -2.18. The highest BCUT2D eigenvalue weighted by molar-refractivity contribution is 5.34. The van der Waals surface area contributed by atoms with Gasteiger partial charge in [0.25, 0.3) is 0 Å². The molecule has 1 unspecified atom stereocenters. The molecule has 0 radical (unpaired) electrons. The summed E-state index contributed by atoms with van der Waals surface area (Å²) in [5.41, 5.74) is 9.47. The number of rotatable bonds is 5. The number of nitrogens with two attached hydrogens (primary N) is 1. The number of methoxy groups -OCH3 is 1. The molecule has 106 valence electrons. The molecule has 0 amide bonds. The van der Waals surface area contributed by atoms with E-state index in [1.54, 1.807) is 7.11 Å². The predicted octanol–water partition coefficient (Wildman–Crippen LogP) is 3.39. The molecule has 2 aromatic rings. The zero-order valence-corrected chi connectivity index (χ0v) is 12.2. The van der Waals surface area contributed by atoms with E-state index in [0.29, 0.717) is 6.54 Å². The number of hydrogen-bond acceptors (Lipinski definition) is 3. The average molecular weight is 271 g/mol. The Bertz CT molecular complexity index is 564. The van der Waals surface area contributed by atoms with E-state index in [2.05, 4.69) is 32.0 Å². The fourth-order valence-electron chi connectivity index (χ4n) is 2.04. The van der Waals surface area contributed by atoms with Gasteiger partial charge >= 0.3 is 0 Å². The average Bonchev–Trinajstić information content (AvgIpc) is 2.48. The molecular formula is C17H21NO2. The van der Waals surface area contributed by atoms with Crippen LogP contribution in [0.4, 0.5) is 0 Å². The Labute approximate surface area is 120 Å². The van der Waals surface area contributed by atoms with Crippen LogP contribution in [0.5, 0.6) is 11.5 Å². The van der Waals surface area contributed by atoms with Gasteiger partial charge in [-0.3, -0.25) is 0 Å². The highest BCUT2D eigenvalue weighted by Crippen LogP contribution is 2.24. The van der Waals surface area contributed by atoms with E-state index in [1.807, 2.05) is 24.3 Å². The van der Waals surface area contributed by atoms with Crippen molar-refractivity contribution in [2.45, 2.75) is 20.0 Å². The summed E-state index contributed by atoms with van der Waals surface area (Å²) in [4.78, 5) is 0. The van der Waals surface area contributed by atoms with Gasteiger partial charge in [-0.1, -0.05) is 18.2 Å². The van der Waals surface area contributed by atoms with E-state index in [1.165, 1.54) is 11.1 Å². The van der Waals surface area contributed by atoms with Crippen LogP contribution in [0.2, 0.25) is 0 Å². The van der Waals surface area contributed by atoms with Gasteiger partial charge in [0.1, 0.15) is 17.6 Å². The first-order valence-electron chi connectivity index (χ1n) is 6.72. The van der Waals surface area contributed by atoms with E-state index in [-0.39, 0.29) is 6.10 Å². The van der Waals surface area contributed by atoms with Gasteiger partial charge in [-0.25, -0.2) is 0 Å². The fraction of sp³-hybridized carbons (Fsp3) is 0.294. The Morgan fingerprint density at radius 1 is 0.950 bits per heavy atom. The summed E-state index contributed by atoms with van der Waals surface area (Å²) in [7, 11) is 1.65. The molecule has 0 spiro atoms. The van der Waals surface area contributed by atoms with Crippen LogP contribution in [0.25, 0.3) is 0 Å². The van der Waals surface area contributed by atoms with E-state index in [9.17, 15) is 0 Å². The van der Waals surface area contributed by atoms with Crippen LogP contribution in [0.3, 0.4) is 0 Å². The van der Waals surface area contributed by atoms with Crippen LogP contribution in [-0.4, -0.2) is 13.7 Å². The number of benzene rings is 2. The first-order chi connectivity index (χ1) is 9.63. The van der Waals surface area contributed by atoms with E-state index in [0.717, 1.165) is 17.1 Å². The van der Waals surface area contributed by atoms with Crippen molar-refractivity contribution in [1.82, 2.24) is 0 Å².